The van der Waals surface area contributed by atoms with E-state index in [1.165, 1.54) is 5.56 Å². The Balaban J connectivity index is 1.44. The monoisotopic (exact) mass is 387 g/mol. The summed E-state index contributed by atoms with van der Waals surface area (Å²) in [5.74, 6) is 1.44. The van der Waals surface area contributed by atoms with Gasteiger partial charge in [-0.1, -0.05) is 0 Å². The van der Waals surface area contributed by atoms with Gasteiger partial charge in [0.1, 0.15) is 11.6 Å². The second-order valence-electron chi connectivity index (χ2n) is 7.26. The second-order valence-corrected chi connectivity index (χ2v) is 7.26. The van der Waals surface area contributed by atoms with Gasteiger partial charge in [-0.05, 0) is 42.3 Å². The molecule has 0 atom stereocenters. The SMILES string of the molecule is COc1ccc2[nH]cc(CN3CCc4c(nc(-c5ccncc5)[nH]c4=O)C3)c2c1. The van der Waals surface area contributed by atoms with E-state index in [2.05, 4.69) is 25.9 Å². The molecule has 0 fully saturated rings. The Kier molecular flexibility index (Phi) is 4.37. The van der Waals surface area contributed by atoms with E-state index < -0.39 is 0 Å². The largest absolute Gasteiger partial charge is 0.497 e. The van der Waals surface area contributed by atoms with E-state index in [9.17, 15) is 4.79 Å². The zero-order valence-corrected chi connectivity index (χ0v) is 16.1. The molecule has 5 rings (SSSR count). The molecule has 0 spiro atoms. The quantitative estimate of drug-likeness (QED) is 0.562. The molecule has 7 heteroatoms. The van der Waals surface area contributed by atoms with E-state index in [1.54, 1.807) is 19.5 Å². The van der Waals surface area contributed by atoms with Gasteiger partial charge in [0, 0.05) is 60.3 Å². The lowest BCUT2D eigenvalue weighted by Crippen LogP contribution is -2.35. The molecule has 0 radical (unpaired) electrons. The Hall–Kier alpha value is -3.45. The van der Waals surface area contributed by atoms with Crippen LogP contribution < -0.4 is 10.3 Å². The number of methoxy groups -OCH3 is 1. The van der Waals surface area contributed by atoms with Crippen molar-refractivity contribution < 1.29 is 4.74 Å². The molecular formula is C22H21N5O2. The molecule has 29 heavy (non-hydrogen) atoms. The summed E-state index contributed by atoms with van der Waals surface area (Å²) < 4.78 is 5.37. The number of benzene rings is 1. The van der Waals surface area contributed by atoms with Crippen LogP contribution in [0, 0.1) is 0 Å². The lowest BCUT2D eigenvalue weighted by molar-refractivity contribution is 0.241. The summed E-state index contributed by atoms with van der Waals surface area (Å²) in [6.07, 6.45) is 6.14. The molecule has 1 aliphatic heterocycles. The lowest BCUT2D eigenvalue weighted by atomic mass is 10.0. The maximum absolute atomic E-state index is 12.6. The van der Waals surface area contributed by atoms with Gasteiger partial charge in [0.2, 0.25) is 0 Å². The van der Waals surface area contributed by atoms with Crippen molar-refractivity contribution in [2.75, 3.05) is 13.7 Å². The van der Waals surface area contributed by atoms with Crippen molar-refractivity contribution in [2.24, 2.45) is 0 Å². The summed E-state index contributed by atoms with van der Waals surface area (Å²) in [6, 6.07) is 9.75. The highest BCUT2D eigenvalue weighted by molar-refractivity contribution is 5.84. The van der Waals surface area contributed by atoms with E-state index in [4.69, 9.17) is 9.72 Å². The van der Waals surface area contributed by atoms with Crippen LogP contribution in [0.5, 0.6) is 5.75 Å². The Labute approximate surface area is 167 Å². The van der Waals surface area contributed by atoms with Gasteiger partial charge in [0.05, 0.1) is 12.8 Å². The van der Waals surface area contributed by atoms with Crippen molar-refractivity contribution in [3.8, 4) is 17.1 Å². The maximum atomic E-state index is 12.6. The second kappa shape index (κ2) is 7.18. The summed E-state index contributed by atoms with van der Waals surface area (Å²) in [6.45, 7) is 2.25. The van der Waals surface area contributed by atoms with E-state index in [0.717, 1.165) is 46.6 Å². The van der Waals surface area contributed by atoms with Crippen LogP contribution in [0.4, 0.5) is 0 Å². The number of hydrogen-bond donors (Lipinski definition) is 2. The van der Waals surface area contributed by atoms with Crippen LogP contribution in [-0.4, -0.2) is 38.5 Å². The normalized spacial score (nSPS) is 14.1. The summed E-state index contributed by atoms with van der Waals surface area (Å²) in [5.41, 5.74) is 4.76. The van der Waals surface area contributed by atoms with Gasteiger partial charge in [0.15, 0.2) is 0 Å². The number of fused-ring (bicyclic) bond motifs is 2. The van der Waals surface area contributed by atoms with E-state index in [-0.39, 0.29) is 5.56 Å². The van der Waals surface area contributed by atoms with Gasteiger partial charge < -0.3 is 14.7 Å². The number of nitrogens with zero attached hydrogens (tertiary/aromatic N) is 3. The Morgan fingerprint density at radius 1 is 1.21 bits per heavy atom. The van der Waals surface area contributed by atoms with Crippen LogP contribution in [0.15, 0.2) is 53.7 Å². The summed E-state index contributed by atoms with van der Waals surface area (Å²) in [4.78, 5) is 29.9. The highest BCUT2D eigenvalue weighted by Crippen LogP contribution is 2.26. The first-order valence-electron chi connectivity index (χ1n) is 9.60. The third kappa shape index (κ3) is 3.30. The number of aromatic nitrogens is 4. The third-order valence-corrected chi connectivity index (χ3v) is 5.47. The summed E-state index contributed by atoms with van der Waals surface area (Å²) >= 11 is 0. The van der Waals surface area contributed by atoms with Gasteiger partial charge in [-0.2, -0.15) is 0 Å². The number of nitrogens with one attached hydrogen (secondary N) is 2. The molecule has 0 unspecified atom stereocenters. The number of aromatic amines is 2. The molecule has 3 aromatic heterocycles. The molecular weight excluding hydrogens is 366 g/mol. The van der Waals surface area contributed by atoms with Crippen molar-refractivity contribution in [1.82, 2.24) is 24.8 Å². The van der Waals surface area contributed by atoms with Gasteiger partial charge >= 0.3 is 0 Å². The molecule has 146 valence electrons. The van der Waals surface area contributed by atoms with Gasteiger partial charge in [-0.25, -0.2) is 4.98 Å². The molecule has 0 amide bonds. The predicted octanol–water partition coefficient (Wildman–Crippen LogP) is 2.88. The fourth-order valence-electron chi connectivity index (χ4n) is 3.93. The molecule has 2 N–H and O–H groups in total. The van der Waals surface area contributed by atoms with Crippen LogP contribution in [0.2, 0.25) is 0 Å². The molecule has 0 aliphatic carbocycles. The van der Waals surface area contributed by atoms with Crippen molar-refractivity contribution in [3.63, 3.8) is 0 Å². The summed E-state index contributed by atoms with van der Waals surface area (Å²) in [7, 11) is 1.68. The van der Waals surface area contributed by atoms with Crippen molar-refractivity contribution in [1.29, 1.82) is 0 Å². The highest BCUT2D eigenvalue weighted by Gasteiger charge is 2.22. The molecule has 4 aromatic rings. The fourth-order valence-corrected chi connectivity index (χ4v) is 3.93. The Bertz CT molecular complexity index is 1230. The van der Waals surface area contributed by atoms with E-state index in [1.807, 2.05) is 30.5 Å². The molecule has 0 saturated carbocycles. The predicted molar refractivity (Wildman–Crippen MR) is 111 cm³/mol. The Morgan fingerprint density at radius 2 is 2.07 bits per heavy atom. The van der Waals surface area contributed by atoms with Crippen molar-refractivity contribution in [3.05, 3.63) is 76.1 Å². The van der Waals surface area contributed by atoms with Crippen molar-refractivity contribution in [2.45, 2.75) is 19.5 Å². The molecule has 1 aromatic carbocycles. The van der Waals surface area contributed by atoms with Gasteiger partial charge in [0.25, 0.3) is 5.56 Å². The zero-order valence-electron chi connectivity index (χ0n) is 16.1. The topological polar surface area (TPSA) is 86.9 Å². The minimum atomic E-state index is -0.0432. The number of ether oxygens (including phenoxy) is 1. The summed E-state index contributed by atoms with van der Waals surface area (Å²) in [5, 5.41) is 1.16. The van der Waals surface area contributed by atoms with E-state index in [0.29, 0.717) is 18.8 Å². The molecule has 7 nitrogen and oxygen atoms in total. The van der Waals surface area contributed by atoms with Crippen LogP contribution in [0.3, 0.4) is 0 Å². The third-order valence-electron chi connectivity index (χ3n) is 5.47. The van der Waals surface area contributed by atoms with Crippen LogP contribution in [0.25, 0.3) is 22.3 Å². The van der Waals surface area contributed by atoms with Gasteiger partial charge in [-0.15, -0.1) is 0 Å². The highest BCUT2D eigenvalue weighted by atomic mass is 16.5. The lowest BCUT2D eigenvalue weighted by Gasteiger charge is -2.27. The molecule has 0 saturated heterocycles. The minimum Gasteiger partial charge on any atom is -0.497 e. The number of hydrogen-bond acceptors (Lipinski definition) is 5. The first-order valence-corrected chi connectivity index (χ1v) is 9.60. The van der Waals surface area contributed by atoms with Crippen LogP contribution in [0.1, 0.15) is 16.8 Å². The molecule has 0 bridgehead atoms. The van der Waals surface area contributed by atoms with Crippen LogP contribution in [-0.2, 0) is 19.5 Å². The smallest absolute Gasteiger partial charge is 0.254 e. The molecule has 4 heterocycles. The number of rotatable bonds is 4. The van der Waals surface area contributed by atoms with Crippen molar-refractivity contribution >= 4 is 10.9 Å². The fraction of sp³-hybridized carbons (Fsp3) is 0.227. The standard InChI is InChI=1S/C22H21N5O2/c1-29-16-2-3-19-18(10-16)15(11-24-19)12-27-9-6-17-20(13-27)25-21(26-22(17)28)14-4-7-23-8-5-14/h2-5,7-8,10-11,24H,6,9,12-13H2,1H3,(H,25,26,28). The van der Waals surface area contributed by atoms with E-state index >= 15 is 0 Å². The zero-order chi connectivity index (χ0) is 19.8. The number of pyridine rings is 1. The first kappa shape index (κ1) is 17.6. The maximum Gasteiger partial charge on any atom is 0.254 e. The molecule has 1 aliphatic rings. The van der Waals surface area contributed by atoms with Gasteiger partial charge in [-0.3, -0.25) is 14.7 Å². The average molecular weight is 387 g/mol. The minimum absolute atomic E-state index is 0.0432. The Morgan fingerprint density at radius 3 is 2.90 bits per heavy atom. The number of H-pyrrole nitrogens is 2. The average Bonchev–Trinajstić information content (AvgIpc) is 3.16. The van der Waals surface area contributed by atoms with Crippen LogP contribution >= 0.6 is 0 Å². The first-order chi connectivity index (χ1) is 14.2.